The summed E-state index contributed by atoms with van der Waals surface area (Å²) in [4.78, 5) is 15.1. The van der Waals surface area contributed by atoms with Gasteiger partial charge in [0.1, 0.15) is 11.3 Å². The van der Waals surface area contributed by atoms with Crippen molar-refractivity contribution in [2.75, 3.05) is 7.11 Å². The van der Waals surface area contributed by atoms with Crippen molar-refractivity contribution in [1.29, 1.82) is 0 Å². The van der Waals surface area contributed by atoms with Crippen LogP contribution < -0.4 is 0 Å². The molecule has 17 heavy (non-hydrogen) atoms. The number of hydrogen-bond donors (Lipinski definition) is 0. The van der Waals surface area contributed by atoms with Crippen molar-refractivity contribution in [1.82, 2.24) is 4.98 Å². The number of ether oxygens (including phenoxy) is 1. The Bertz CT molecular complexity index is 616. The fourth-order valence-electron chi connectivity index (χ4n) is 1.45. The highest BCUT2D eigenvalue weighted by Crippen LogP contribution is 2.28. The number of carbonyl (C=O) groups excluding carboxylic acids is 1. The molecule has 0 atom stereocenters. The Morgan fingerprint density at radius 2 is 2.12 bits per heavy atom. The van der Waals surface area contributed by atoms with Crippen molar-refractivity contribution in [2.24, 2.45) is 0 Å². The van der Waals surface area contributed by atoms with Crippen molar-refractivity contribution < 1.29 is 18.3 Å². The molecule has 2 aromatic rings. The molecule has 3 nitrogen and oxygen atoms in total. The Morgan fingerprint density at radius 1 is 1.41 bits per heavy atom. The number of rotatable bonds is 1. The summed E-state index contributed by atoms with van der Waals surface area (Å²) >= 11 is 3.12. The normalized spacial score (nSPS) is 10.6. The van der Waals surface area contributed by atoms with Gasteiger partial charge in [-0.1, -0.05) is 0 Å². The van der Waals surface area contributed by atoms with Crippen molar-refractivity contribution in [3.63, 3.8) is 0 Å². The second-order valence-corrected chi connectivity index (χ2v) is 4.05. The summed E-state index contributed by atoms with van der Waals surface area (Å²) in [6.45, 7) is 0. The lowest BCUT2D eigenvalue weighted by Crippen LogP contribution is -2.04. The first kappa shape index (κ1) is 11.9. The van der Waals surface area contributed by atoms with Crippen molar-refractivity contribution in [2.45, 2.75) is 0 Å². The Hall–Kier alpha value is -1.56. The zero-order valence-electron chi connectivity index (χ0n) is 8.63. The average molecular weight is 302 g/mol. The van der Waals surface area contributed by atoms with Crippen LogP contribution >= 0.6 is 15.9 Å². The molecule has 1 aromatic heterocycles. The molecular weight excluding hydrogens is 296 g/mol. The van der Waals surface area contributed by atoms with Crippen LogP contribution in [0.4, 0.5) is 8.78 Å². The molecular formula is C11H6BrF2NO2. The number of hydrogen-bond acceptors (Lipinski definition) is 3. The van der Waals surface area contributed by atoms with E-state index in [9.17, 15) is 13.6 Å². The minimum Gasteiger partial charge on any atom is -0.465 e. The minimum absolute atomic E-state index is 0.00840. The lowest BCUT2D eigenvalue weighted by molar-refractivity contribution is 0.0599. The van der Waals surface area contributed by atoms with Crippen LogP contribution in [0.3, 0.4) is 0 Å². The fourth-order valence-corrected chi connectivity index (χ4v) is 2.01. The van der Waals surface area contributed by atoms with Crippen molar-refractivity contribution >= 4 is 32.8 Å². The summed E-state index contributed by atoms with van der Waals surface area (Å²) in [5.74, 6) is -2.15. The quantitative estimate of drug-likeness (QED) is 0.760. The van der Waals surface area contributed by atoms with E-state index in [1.54, 1.807) is 0 Å². The fraction of sp³-hybridized carbons (Fsp3) is 0.0909. The SMILES string of the molecule is COC(=O)c1cnc2c(F)cc(F)cc2c1Br. The summed E-state index contributed by atoms with van der Waals surface area (Å²) in [5, 5.41) is 0.186. The molecule has 6 heteroatoms. The highest BCUT2D eigenvalue weighted by Gasteiger charge is 2.16. The maximum absolute atomic E-state index is 13.4. The third-order valence-corrected chi connectivity index (χ3v) is 3.08. The van der Waals surface area contributed by atoms with E-state index in [0.29, 0.717) is 0 Å². The Labute approximate surface area is 104 Å². The molecule has 0 spiro atoms. The van der Waals surface area contributed by atoms with Gasteiger partial charge in [-0.25, -0.2) is 13.6 Å². The predicted octanol–water partition coefficient (Wildman–Crippen LogP) is 3.06. The molecule has 2 rings (SSSR count). The van der Waals surface area contributed by atoms with Crippen LogP contribution in [0.25, 0.3) is 10.9 Å². The van der Waals surface area contributed by atoms with Gasteiger partial charge in [0.25, 0.3) is 0 Å². The number of benzene rings is 1. The molecule has 0 radical (unpaired) electrons. The third kappa shape index (κ3) is 2.00. The van der Waals surface area contributed by atoms with E-state index in [2.05, 4.69) is 25.7 Å². The highest BCUT2D eigenvalue weighted by atomic mass is 79.9. The minimum atomic E-state index is -0.780. The molecule has 0 unspecified atom stereocenters. The molecule has 1 heterocycles. The lowest BCUT2D eigenvalue weighted by atomic mass is 10.1. The Kier molecular flexibility index (Phi) is 3.06. The number of pyridine rings is 1. The van der Waals surface area contributed by atoms with Crippen LogP contribution in [-0.4, -0.2) is 18.1 Å². The first-order valence-corrected chi connectivity index (χ1v) is 5.35. The molecule has 0 amide bonds. The van der Waals surface area contributed by atoms with Crippen molar-refractivity contribution in [3.05, 3.63) is 40.0 Å². The summed E-state index contributed by atoms with van der Waals surface area (Å²) in [6, 6.07) is 1.83. The highest BCUT2D eigenvalue weighted by molar-refractivity contribution is 9.10. The molecule has 0 aliphatic carbocycles. The number of methoxy groups -OCH3 is 1. The summed E-state index contributed by atoms with van der Waals surface area (Å²) < 4.78 is 31.3. The van der Waals surface area contributed by atoms with E-state index in [0.717, 1.165) is 12.1 Å². The van der Waals surface area contributed by atoms with Crippen molar-refractivity contribution in [3.8, 4) is 0 Å². The molecule has 0 fully saturated rings. The van der Waals surface area contributed by atoms with E-state index in [1.165, 1.54) is 13.3 Å². The Balaban J connectivity index is 2.79. The molecule has 0 bridgehead atoms. The van der Waals surface area contributed by atoms with Crippen LogP contribution in [0.2, 0.25) is 0 Å². The second-order valence-electron chi connectivity index (χ2n) is 3.26. The lowest BCUT2D eigenvalue weighted by Gasteiger charge is -2.06. The van der Waals surface area contributed by atoms with Gasteiger partial charge in [-0.05, 0) is 22.0 Å². The molecule has 0 saturated carbocycles. The van der Waals surface area contributed by atoms with Crippen LogP contribution in [0, 0.1) is 11.6 Å². The number of carbonyl (C=O) groups is 1. The van der Waals surface area contributed by atoms with E-state index in [-0.39, 0.29) is 20.9 Å². The maximum Gasteiger partial charge on any atom is 0.340 e. The van der Waals surface area contributed by atoms with Gasteiger partial charge < -0.3 is 4.74 Å². The van der Waals surface area contributed by atoms with Gasteiger partial charge in [-0.3, -0.25) is 4.98 Å². The van der Waals surface area contributed by atoms with Crippen LogP contribution in [-0.2, 0) is 4.74 Å². The van der Waals surface area contributed by atoms with E-state index >= 15 is 0 Å². The first-order valence-electron chi connectivity index (χ1n) is 4.56. The standard InChI is InChI=1S/C11H6BrF2NO2/c1-17-11(16)7-4-15-10-6(9(7)12)2-5(13)3-8(10)14/h2-4H,1H3. The van der Waals surface area contributed by atoms with Crippen LogP contribution in [0.5, 0.6) is 0 Å². The molecule has 0 N–H and O–H groups in total. The molecule has 0 saturated heterocycles. The molecule has 88 valence electrons. The predicted molar refractivity (Wildman–Crippen MR) is 60.7 cm³/mol. The number of fused-ring (bicyclic) bond motifs is 1. The van der Waals surface area contributed by atoms with Gasteiger partial charge in [-0.15, -0.1) is 0 Å². The number of halogens is 3. The van der Waals surface area contributed by atoms with E-state index in [4.69, 9.17) is 0 Å². The number of esters is 1. The zero-order valence-corrected chi connectivity index (χ0v) is 10.2. The topological polar surface area (TPSA) is 39.2 Å². The second kappa shape index (κ2) is 4.37. The van der Waals surface area contributed by atoms with Gasteiger partial charge >= 0.3 is 5.97 Å². The largest absolute Gasteiger partial charge is 0.465 e. The smallest absolute Gasteiger partial charge is 0.340 e. The number of nitrogens with zero attached hydrogens (tertiary/aromatic N) is 1. The van der Waals surface area contributed by atoms with Gasteiger partial charge in [0.05, 0.1) is 12.7 Å². The maximum atomic E-state index is 13.4. The first-order chi connectivity index (χ1) is 8.04. The van der Waals surface area contributed by atoms with E-state index in [1.807, 2.05) is 0 Å². The molecule has 0 aliphatic heterocycles. The summed E-state index contributed by atoms with van der Waals surface area (Å²) in [5.41, 5.74) is 0.107. The Morgan fingerprint density at radius 3 is 2.76 bits per heavy atom. The van der Waals surface area contributed by atoms with E-state index < -0.39 is 17.6 Å². The average Bonchev–Trinajstić information content (AvgIpc) is 2.29. The van der Waals surface area contributed by atoms with Gasteiger partial charge in [0, 0.05) is 22.1 Å². The number of aromatic nitrogens is 1. The summed E-state index contributed by atoms with van der Waals surface area (Å²) in [7, 11) is 1.21. The van der Waals surface area contributed by atoms with Gasteiger partial charge in [-0.2, -0.15) is 0 Å². The summed E-state index contributed by atoms with van der Waals surface area (Å²) in [6.07, 6.45) is 1.18. The monoisotopic (exact) mass is 301 g/mol. The zero-order chi connectivity index (χ0) is 12.6. The van der Waals surface area contributed by atoms with Crippen LogP contribution in [0.15, 0.2) is 22.8 Å². The molecule has 0 aliphatic rings. The molecule has 1 aromatic carbocycles. The van der Waals surface area contributed by atoms with Crippen LogP contribution in [0.1, 0.15) is 10.4 Å². The van der Waals surface area contributed by atoms with Gasteiger partial charge in [0.2, 0.25) is 0 Å². The third-order valence-electron chi connectivity index (χ3n) is 2.23. The van der Waals surface area contributed by atoms with Gasteiger partial charge in [0.15, 0.2) is 5.82 Å².